The van der Waals surface area contributed by atoms with Crippen LogP contribution in [0.15, 0.2) is 60.7 Å². The second-order valence-corrected chi connectivity index (χ2v) is 5.55. The van der Waals surface area contributed by atoms with Crippen molar-refractivity contribution < 1.29 is 9.53 Å². The van der Waals surface area contributed by atoms with Gasteiger partial charge in [0.2, 0.25) is 0 Å². The normalized spacial score (nSPS) is 11.0. The molecule has 0 saturated heterocycles. The summed E-state index contributed by atoms with van der Waals surface area (Å²) in [7, 11) is 0. The monoisotopic (exact) mass is 393 g/mol. The molecule has 0 fully saturated rings. The second kappa shape index (κ2) is 7.83. The van der Waals surface area contributed by atoms with Crippen molar-refractivity contribution in [3.63, 3.8) is 0 Å². The average molecular weight is 393 g/mol. The third-order valence-corrected chi connectivity index (χ3v) is 3.48. The minimum Gasteiger partial charge on any atom is -0.463 e. The predicted octanol–water partition coefficient (Wildman–Crippen LogP) is 4.31. The summed E-state index contributed by atoms with van der Waals surface area (Å²) in [4.78, 5) is 11.7. The zero-order chi connectivity index (χ0) is 15.1. The summed E-state index contributed by atoms with van der Waals surface area (Å²) in [5, 5.41) is 3.27. The lowest BCUT2D eigenvalue weighted by molar-refractivity contribution is -0.137. The van der Waals surface area contributed by atoms with Crippen molar-refractivity contribution in [1.29, 1.82) is 0 Å². The molecule has 2 aromatic rings. The summed E-state index contributed by atoms with van der Waals surface area (Å²) in [6, 6.07) is 17.7. The van der Waals surface area contributed by atoms with Crippen molar-refractivity contribution >= 4 is 39.9 Å². The molecule has 0 amide bonds. The summed E-state index contributed by atoms with van der Waals surface area (Å²) < 4.78 is 6.16. The molecule has 0 spiro atoms. The van der Waals surface area contributed by atoms with Gasteiger partial charge >= 0.3 is 5.97 Å². The maximum Gasteiger partial charge on any atom is 0.332 e. The summed E-state index contributed by atoms with van der Waals surface area (Å²) in [6.07, 6.45) is 1.48. The Labute approximate surface area is 138 Å². The van der Waals surface area contributed by atoms with E-state index in [-0.39, 0.29) is 5.97 Å². The first-order valence-corrected chi connectivity index (χ1v) is 7.73. The molecular weight excluding hydrogens is 377 g/mol. The summed E-state index contributed by atoms with van der Waals surface area (Å²) in [5.74, 6) is -0.352. The van der Waals surface area contributed by atoms with E-state index in [0.717, 1.165) is 20.5 Å². The molecule has 0 bridgehead atoms. The van der Waals surface area contributed by atoms with Gasteiger partial charge in [-0.3, -0.25) is 0 Å². The van der Waals surface area contributed by atoms with Crippen LogP contribution in [0, 0.1) is 3.57 Å². The second-order valence-electron chi connectivity index (χ2n) is 4.31. The van der Waals surface area contributed by atoms with Gasteiger partial charge in [0, 0.05) is 15.3 Å². The number of halogens is 1. The molecule has 0 heterocycles. The zero-order valence-electron chi connectivity index (χ0n) is 11.7. The molecule has 0 saturated carbocycles. The molecule has 2 rings (SSSR count). The maximum atomic E-state index is 11.7. The Bertz CT molecular complexity index is 621. The number of hydrogen-bond acceptors (Lipinski definition) is 3. The number of hydrogen-bond donors (Lipinski definition) is 1. The number of carbonyl (C=O) groups excluding carboxylic acids is 1. The lowest BCUT2D eigenvalue weighted by atomic mass is 10.1. The Morgan fingerprint density at radius 3 is 2.43 bits per heavy atom. The van der Waals surface area contributed by atoms with Crippen molar-refractivity contribution in [1.82, 2.24) is 0 Å². The van der Waals surface area contributed by atoms with Crippen molar-refractivity contribution in [2.75, 3.05) is 11.9 Å². The van der Waals surface area contributed by atoms with Crippen LogP contribution in [0.5, 0.6) is 0 Å². The van der Waals surface area contributed by atoms with Crippen molar-refractivity contribution in [3.05, 3.63) is 69.8 Å². The number of esters is 1. The fourth-order valence-electron chi connectivity index (χ4n) is 1.80. The third-order valence-electron chi connectivity index (χ3n) is 2.76. The van der Waals surface area contributed by atoms with Crippen LogP contribution in [0.1, 0.15) is 12.5 Å². The average Bonchev–Trinajstić information content (AvgIpc) is 2.50. The highest BCUT2D eigenvalue weighted by Gasteiger charge is 2.06. The van der Waals surface area contributed by atoms with E-state index in [1.54, 1.807) is 6.92 Å². The predicted molar refractivity (Wildman–Crippen MR) is 93.8 cm³/mol. The van der Waals surface area contributed by atoms with E-state index in [9.17, 15) is 4.79 Å². The van der Waals surface area contributed by atoms with E-state index in [0.29, 0.717) is 6.61 Å². The van der Waals surface area contributed by atoms with Crippen LogP contribution in [0.3, 0.4) is 0 Å². The largest absolute Gasteiger partial charge is 0.463 e. The van der Waals surface area contributed by atoms with Crippen molar-refractivity contribution in [2.24, 2.45) is 0 Å². The van der Waals surface area contributed by atoms with Crippen LogP contribution < -0.4 is 5.32 Å². The lowest BCUT2D eigenvalue weighted by Gasteiger charge is -2.11. The van der Waals surface area contributed by atoms with Gasteiger partial charge in [-0.15, -0.1) is 0 Å². The molecular formula is C17H16INO2. The highest BCUT2D eigenvalue weighted by atomic mass is 127. The van der Waals surface area contributed by atoms with Gasteiger partial charge in [0.05, 0.1) is 12.3 Å². The maximum absolute atomic E-state index is 11.7. The summed E-state index contributed by atoms with van der Waals surface area (Å²) in [5.41, 5.74) is 2.58. The molecule has 2 aromatic carbocycles. The van der Waals surface area contributed by atoms with E-state index in [2.05, 4.69) is 27.9 Å². The van der Waals surface area contributed by atoms with E-state index in [1.165, 1.54) is 6.08 Å². The molecule has 0 aliphatic carbocycles. The number of rotatable bonds is 5. The quantitative estimate of drug-likeness (QED) is 0.468. The van der Waals surface area contributed by atoms with Gasteiger partial charge in [-0.25, -0.2) is 4.79 Å². The summed E-state index contributed by atoms with van der Waals surface area (Å²) in [6.45, 7) is 2.15. The Kier molecular flexibility index (Phi) is 5.80. The standard InChI is InChI=1S/C17H16INO2/c1-2-21-17(20)12-16(13-6-4-3-5-7-13)19-15-10-8-14(18)9-11-15/h3-12,19H,2H2,1H3/b16-12-. The van der Waals surface area contributed by atoms with Crippen molar-refractivity contribution in [2.45, 2.75) is 6.92 Å². The molecule has 0 atom stereocenters. The molecule has 0 aromatic heterocycles. The molecule has 0 aliphatic rings. The molecule has 0 aliphatic heterocycles. The van der Waals surface area contributed by atoms with Gasteiger partial charge in [-0.2, -0.15) is 0 Å². The van der Waals surface area contributed by atoms with Crippen LogP contribution in [0.2, 0.25) is 0 Å². The fourth-order valence-corrected chi connectivity index (χ4v) is 2.16. The minimum absolute atomic E-state index is 0.352. The highest BCUT2D eigenvalue weighted by Crippen LogP contribution is 2.19. The summed E-state index contributed by atoms with van der Waals surface area (Å²) >= 11 is 2.26. The fraction of sp³-hybridized carbons (Fsp3) is 0.118. The third kappa shape index (κ3) is 4.90. The van der Waals surface area contributed by atoms with Gasteiger partial charge in [-0.05, 0) is 59.3 Å². The first-order chi connectivity index (χ1) is 10.2. The van der Waals surface area contributed by atoms with Gasteiger partial charge in [0.25, 0.3) is 0 Å². The van der Waals surface area contributed by atoms with Gasteiger partial charge in [-0.1, -0.05) is 30.3 Å². The molecule has 1 N–H and O–H groups in total. The number of carbonyl (C=O) groups is 1. The highest BCUT2D eigenvalue weighted by molar-refractivity contribution is 14.1. The molecule has 0 unspecified atom stereocenters. The molecule has 108 valence electrons. The van der Waals surface area contributed by atoms with E-state index >= 15 is 0 Å². The van der Waals surface area contributed by atoms with Crippen LogP contribution in [-0.2, 0) is 9.53 Å². The Hall–Kier alpha value is -1.82. The van der Waals surface area contributed by atoms with Gasteiger partial charge in [0.1, 0.15) is 0 Å². The van der Waals surface area contributed by atoms with E-state index in [1.807, 2.05) is 54.6 Å². The molecule has 0 radical (unpaired) electrons. The Morgan fingerprint density at radius 2 is 1.81 bits per heavy atom. The lowest BCUT2D eigenvalue weighted by Crippen LogP contribution is -2.05. The van der Waals surface area contributed by atoms with Crippen LogP contribution in [0.4, 0.5) is 5.69 Å². The van der Waals surface area contributed by atoms with Crippen LogP contribution in [-0.4, -0.2) is 12.6 Å². The zero-order valence-corrected chi connectivity index (χ0v) is 13.8. The first-order valence-electron chi connectivity index (χ1n) is 6.65. The molecule has 3 nitrogen and oxygen atoms in total. The van der Waals surface area contributed by atoms with Gasteiger partial charge in [0.15, 0.2) is 0 Å². The minimum atomic E-state index is -0.352. The Balaban J connectivity index is 2.28. The van der Waals surface area contributed by atoms with Crippen LogP contribution >= 0.6 is 22.6 Å². The van der Waals surface area contributed by atoms with Crippen molar-refractivity contribution in [3.8, 4) is 0 Å². The topological polar surface area (TPSA) is 38.3 Å². The van der Waals surface area contributed by atoms with Gasteiger partial charge < -0.3 is 10.1 Å². The SMILES string of the molecule is CCOC(=O)/C=C(\Nc1ccc(I)cc1)c1ccccc1. The molecule has 21 heavy (non-hydrogen) atoms. The smallest absolute Gasteiger partial charge is 0.332 e. The number of nitrogens with one attached hydrogen (secondary N) is 1. The number of ether oxygens (including phenoxy) is 1. The van der Waals surface area contributed by atoms with E-state index in [4.69, 9.17) is 4.74 Å². The van der Waals surface area contributed by atoms with E-state index < -0.39 is 0 Å². The Morgan fingerprint density at radius 1 is 1.14 bits per heavy atom. The van der Waals surface area contributed by atoms with Crippen LogP contribution in [0.25, 0.3) is 5.70 Å². The first kappa shape index (κ1) is 15.6. The molecule has 4 heteroatoms. The number of anilines is 1. The number of benzene rings is 2.